The maximum Gasteiger partial charge on any atom is 0.297 e. The SMILES string of the molecule is Cc1cc(-c2coc3ccccc23)cc(C)c1N1c2ccc(C(C)(C)C)cc2B2c3oc4ccc(C(C)(C)C)cc4c3N(c3c(C)cc(C(C)(C)C)cc3C)c3cc(C(C)(C)C)cc1c32. The molecule has 0 bridgehead atoms. The number of rotatable bonds is 3. The highest BCUT2D eigenvalue weighted by Gasteiger charge is 2.48. The molecule has 330 valence electrons. The van der Waals surface area contributed by atoms with Gasteiger partial charge in [-0.05, 0) is 159 Å². The van der Waals surface area contributed by atoms with Crippen molar-refractivity contribution >= 4 is 79.4 Å². The summed E-state index contributed by atoms with van der Waals surface area (Å²) in [5, 5.41) is 2.29. The van der Waals surface area contributed by atoms with E-state index in [1.54, 1.807) is 0 Å². The first-order valence-corrected chi connectivity index (χ1v) is 23.6. The molecular formula is C60H65BN2O2. The number of fused-ring (bicyclic) bond motifs is 7. The lowest BCUT2D eigenvalue weighted by molar-refractivity contribution is 0.589. The van der Waals surface area contributed by atoms with Crippen LogP contribution in [0.4, 0.5) is 34.1 Å². The Morgan fingerprint density at radius 2 is 0.969 bits per heavy atom. The van der Waals surface area contributed by atoms with Crippen LogP contribution in [0.15, 0.2) is 112 Å². The fourth-order valence-corrected chi connectivity index (χ4v) is 10.7. The van der Waals surface area contributed by atoms with E-state index in [-0.39, 0.29) is 28.4 Å². The number of furan rings is 2. The summed E-state index contributed by atoms with van der Waals surface area (Å²) in [6.07, 6.45) is 1.92. The topological polar surface area (TPSA) is 32.8 Å². The Hall–Kier alpha value is -5.94. The number of benzene rings is 6. The third-order valence-electron chi connectivity index (χ3n) is 14.3. The molecule has 0 unspecified atom stereocenters. The summed E-state index contributed by atoms with van der Waals surface area (Å²) in [6.45, 7) is 36.9. The van der Waals surface area contributed by atoms with Crippen molar-refractivity contribution in [1.82, 2.24) is 0 Å². The van der Waals surface area contributed by atoms with Gasteiger partial charge in [-0.15, -0.1) is 0 Å². The zero-order valence-corrected chi connectivity index (χ0v) is 41.6. The molecule has 5 heteroatoms. The van der Waals surface area contributed by atoms with E-state index in [2.05, 4.69) is 206 Å². The van der Waals surface area contributed by atoms with E-state index in [1.165, 1.54) is 83.9 Å². The first-order chi connectivity index (χ1) is 30.4. The highest BCUT2D eigenvalue weighted by atomic mass is 16.3. The summed E-state index contributed by atoms with van der Waals surface area (Å²) >= 11 is 0. The number of anilines is 6. The second kappa shape index (κ2) is 14.3. The summed E-state index contributed by atoms with van der Waals surface area (Å²) < 4.78 is 13.5. The van der Waals surface area contributed by atoms with Gasteiger partial charge in [0.1, 0.15) is 11.2 Å². The van der Waals surface area contributed by atoms with E-state index < -0.39 is 0 Å². The van der Waals surface area contributed by atoms with E-state index in [0.29, 0.717) is 0 Å². The second-order valence-corrected chi connectivity index (χ2v) is 23.4. The molecule has 65 heavy (non-hydrogen) atoms. The predicted octanol–water partition coefficient (Wildman–Crippen LogP) is 15.4. The predicted molar refractivity (Wildman–Crippen MR) is 279 cm³/mol. The molecule has 4 heterocycles. The van der Waals surface area contributed by atoms with Crippen molar-refractivity contribution in [2.45, 2.75) is 132 Å². The van der Waals surface area contributed by atoms with Gasteiger partial charge in [0.2, 0.25) is 0 Å². The normalized spacial score (nSPS) is 14.1. The van der Waals surface area contributed by atoms with Crippen LogP contribution >= 0.6 is 0 Å². The van der Waals surface area contributed by atoms with Gasteiger partial charge >= 0.3 is 0 Å². The Kier molecular flexibility index (Phi) is 9.44. The lowest BCUT2D eigenvalue weighted by atomic mass is 9.35. The van der Waals surface area contributed by atoms with Gasteiger partial charge in [-0.1, -0.05) is 132 Å². The number of aryl methyl sites for hydroxylation is 4. The van der Waals surface area contributed by atoms with Gasteiger partial charge < -0.3 is 18.6 Å². The quantitative estimate of drug-likeness (QED) is 0.166. The first kappa shape index (κ1) is 43.0. The van der Waals surface area contributed by atoms with Gasteiger partial charge in [-0.25, -0.2) is 0 Å². The van der Waals surface area contributed by atoms with Crippen LogP contribution in [0, 0.1) is 27.7 Å². The van der Waals surface area contributed by atoms with Crippen LogP contribution in [-0.4, -0.2) is 6.71 Å². The molecule has 0 N–H and O–H groups in total. The minimum atomic E-state index is -0.149. The maximum absolute atomic E-state index is 7.41. The van der Waals surface area contributed by atoms with E-state index in [1.807, 2.05) is 18.4 Å². The number of hydrogen-bond donors (Lipinski definition) is 0. The third-order valence-corrected chi connectivity index (χ3v) is 14.3. The Bertz CT molecular complexity index is 3210. The molecule has 0 radical (unpaired) electrons. The van der Waals surface area contributed by atoms with E-state index in [9.17, 15) is 0 Å². The second-order valence-electron chi connectivity index (χ2n) is 23.4. The van der Waals surface area contributed by atoms with E-state index in [4.69, 9.17) is 8.83 Å². The molecular weight excluding hydrogens is 791 g/mol. The molecule has 2 aliphatic rings. The molecule has 6 aromatic carbocycles. The molecule has 10 rings (SSSR count). The number of para-hydroxylation sites is 1. The molecule has 2 aliphatic heterocycles. The minimum absolute atomic E-state index is 0.00637. The molecule has 4 nitrogen and oxygen atoms in total. The lowest BCUT2D eigenvalue weighted by Gasteiger charge is -2.45. The van der Waals surface area contributed by atoms with Crippen molar-refractivity contribution in [3.8, 4) is 11.1 Å². The Morgan fingerprint density at radius 1 is 0.446 bits per heavy atom. The molecule has 0 saturated heterocycles. The lowest BCUT2D eigenvalue weighted by Crippen LogP contribution is -2.61. The van der Waals surface area contributed by atoms with E-state index >= 15 is 0 Å². The summed E-state index contributed by atoms with van der Waals surface area (Å²) in [5.74, 6) is 0. The third kappa shape index (κ3) is 6.78. The van der Waals surface area contributed by atoms with E-state index in [0.717, 1.165) is 44.4 Å². The van der Waals surface area contributed by atoms with Crippen LogP contribution in [0.1, 0.15) is 128 Å². The average molecular weight is 857 g/mol. The molecule has 0 aliphatic carbocycles. The average Bonchev–Trinajstić information content (AvgIpc) is 3.82. The van der Waals surface area contributed by atoms with Gasteiger partial charge in [0.05, 0.1) is 29.0 Å². The Labute approximate surface area is 387 Å². The van der Waals surface area contributed by atoms with Crippen LogP contribution in [-0.2, 0) is 21.7 Å². The van der Waals surface area contributed by atoms with Gasteiger partial charge in [0, 0.05) is 33.4 Å². The molecule has 0 fully saturated rings. The first-order valence-electron chi connectivity index (χ1n) is 23.6. The molecule has 0 atom stereocenters. The van der Waals surface area contributed by atoms with Crippen LogP contribution < -0.4 is 26.4 Å². The summed E-state index contributed by atoms with van der Waals surface area (Å²) in [4.78, 5) is 5.21. The highest BCUT2D eigenvalue weighted by Crippen LogP contribution is 2.52. The largest absolute Gasteiger partial charge is 0.468 e. The molecule has 2 aromatic heterocycles. The highest BCUT2D eigenvalue weighted by molar-refractivity contribution is 7.00. The molecule has 0 spiro atoms. The fraction of sp³-hybridized carbons (Fsp3) is 0.333. The van der Waals surface area contributed by atoms with Crippen molar-refractivity contribution in [3.05, 3.63) is 148 Å². The van der Waals surface area contributed by atoms with Crippen molar-refractivity contribution in [2.75, 3.05) is 9.80 Å². The van der Waals surface area contributed by atoms with Crippen LogP contribution in [0.2, 0.25) is 0 Å². The number of hydrogen-bond acceptors (Lipinski definition) is 4. The zero-order valence-electron chi connectivity index (χ0n) is 41.6. The Morgan fingerprint density at radius 3 is 1.58 bits per heavy atom. The van der Waals surface area contributed by atoms with Gasteiger partial charge in [0.15, 0.2) is 0 Å². The molecule has 0 amide bonds. The Balaban J connectivity index is 1.34. The van der Waals surface area contributed by atoms with Crippen LogP contribution in [0.5, 0.6) is 0 Å². The smallest absolute Gasteiger partial charge is 0.297 e. The van der Waals surface area contributed by atoms with Crippen molar-refractivity contribution in [2.24, 2.45) is 0 Å². The van der Waals surface area contributed by atoms with Crippen molar-refractivity contribution < 1.29 is 8.83 Å². The molecule has 0 saturated carbocycles. The zero-order chi connectivity index (χ0) is 46.4. The summed E-state index contributed by atoms with van der Waals surface area (Å²) in [7, 11) is 0. The van der Waals surface area contributed by atoms with Crippen LogP contribution in [0.25, 0.3) is 33.1 Å². The van der Waals surface area contributed by atoms with Gasteiger partial charge in [-0.3, -0.25) is 0 Å². The fourth-order valence-electron chi connectivity index (χ4n) is 10.7. The number of nitrogens with zero attached hydrogens (tertiary/aromatic N) is 2. The monoisotopic (exact) mass is 857 g/mol. The minimum Gasteiger partial charge on any atom is -0.468 e. The molecule has 8 aromatic rings. The van der Waals surface area contributed by atoms with Crippen molar-refractivity contribution in [1.29, 1.82) is 0 Å². The standard InChI is InChI=1S/C60H65BN2O2/c1-34-25-38(45-33-64-50-20-18-17-19-43(45)50)26-35(2)53(34)62-47-23-21-40(58(8,9)10)30-46(47)61-52-48(62)31-42(60(14,15)16)32-49(52)63(54-36(3)27-41(28-37(54)4)59(11,12)13)55-44-29-39(57(5,6)7)22-24-51(44)65-56(55)61/h17-33H,1-16H3. The van der Waals surface area contributed by atoms with Crippen LogP contribution in [0.3, 0.4) is 0 Å². The maximum atomic E-state index is 7.41. The van der Waals surface area contributed by atoms with Gasteiger partial charge in [0.25, 0.3) is 6.71 Å². The summed E-state index contributed by atoms with van der Waals surface area (Å²) in [5.41, 5.74) is 24.8. The van der Waals surface area contributed by atoms with Crippen molar-refractivity contribution in [3.63, 3.8) is 0 Å². The summed E-state index contributed by atoms with van der Waals surface area (Å²) in [6, 6.07) is 37.1. The van der Waals surface area contributed by atoms with Gasteiger partial charge in [-0.2, -0.15) is 0 Å².